The van der Waals surface area contributed by atoms with Gasteiger partial charge >= 0.3 is 0 Å². The standard InChI is InChI=1S/ClH.15H3P/h1H;15*1H3. The Hall–Kier alpha value is 6.74. The van der Waals surface area contributed by atoms with Crippen LogP contribution < -0.4 is 0 Å². The molecule has 0 spiro atoms. The Kier molecular flexibility index (Phi) is 3040. The Balaban J connectivity index is 0. The SMILES string of the molecule is Cl.P.P.P.P.P.P.P.P.P.P.P.P.P.P.P. The van der Waals surface area contributed by atoms with Crippen molar-refractivity contribution < 1.29 is 0 Å². The van der Waals surface area contributed by atoms with Gasteiger partial charge in [-0.1, -0.05) is 0 Å². The van der Waals surface area contributed by atoms with Gasteiger partial charge in [-0.25, -0.2) is 0 Å². The van der Waals surface area contributed by atoms with E-state index in [9.17, 15) is 0 Å². The molecular weight excluding hydrogens is 500 g/mol. The average molecular weight is 546 g/mol. The van der Waals surface area contributed by atoms with Gasteiger partial charge in [0.05, 0.1) is 0 Å². The second kappa shape index (κ2) is 206. The summed E-state index contributed by atoms with van der Waals surface area (Å²) in [6, 6.07) is 0. The highest BCUT2D eigenvalue weighted by Gasteiger charge is -0.138. The lowest BCUT2D eigenvalue weighted by molar-refractivity contribution is 5.85. The quantitative estimate of drug-likeness (QED) is 0.402. The van der Waals surface area contributed by atoms with E-state index in [1.807, 2.05) is 0 Å². The van der Waals surface area contributed by atoms with Crippen LogP contribution in [0, 0.1) is 0 Å². The molecule has 0 nitrogen and oxygen atoms in total. The van der Waals surface area contributed by atoms with Crippen molar-refractivity contribution in [3.8, 4) is 0 Å². The van der Waals surface area contributed by atoms with Crippen LogP contribution in [0.3, 0.4) is 0 Å². The lowest BCUT2D eigenvalue weighted by atomic mass is 31.0. The highest BCUT2D eigenvalue weighted by atomic mass is 35.5. The van der Waals surface area contributed by atoms with Gasteiger partial charge in [0, 0.05) is 0 Å². The van der Waals surface area contributed by atoms with Crippen molar-refractivity contribution in [1.82, 2.24) is 0 Å². The minimum absolute atomic E-state index is 0. The van der Waals surface area contributed by atoms with E-state index in [1.54, 1.807) is 0 Å². The van der Waals surface area contributed by atoms with Gasteiger partial charge in [-0.15, -0.1) is 12.4 Å². The second-order valence-electron chi connectivity index (χ2n) is 0. The minimum atomic E-state index is 0. The molecule has 0 aliphatic heterocycles. The van der Waals surface area contributed by atoms with Crippen molar-refractivity contribution in [3.63, 3.8) is 0 Å². The van der Waals surface area contributed by atoms with Crippen LogP contribution >= 0.6 is 161 Å². The molecule has 16 heteroatoms. The number of hydrogen-bond donors (Lipinski definition) is 0. The molecule has 0 bridgehead atoms. The fourth-order valence-electron chi connectivity index (χ4n) is 0. The smallest absolute Gasteiger partial charge is 0.147 e. The zero-order chi connectivity index (χ0) is 0. The lowest BCUT2D eigenvalue weighted by Gasteiger charge is -0.154. The molecule has 0 aromatic carbocycles. The number of hydrogen-bond acceptors (Lipinski definition) is 0. The van der Waals surface area contributed by atoms with Crippen molar-refractivity contribution in [2.45, 2.75) is 0 Å². The molecule has 0 fully saturated rings. The van der Waals surface area contributed by atoms with Gasteiger partial charge in [-0.3, -0.25) is 0 Å². The third kappa shape index (κ3) is 178. The first-order valence-electron chi connectivity index (χ1n) is 0. The van der Waals surface area contributed by atoms with Crippen LogP contribution in [0.25, 0.3) is 0 Å². The summed E-state index contributed by atoms with van der Waals surface area (Å²) < 4.78 is 0. The summed E-state index contributed by atoms with van der Waals surface area (Å²) in [5.41, 5.74) is 0. The Morgan fingerprint density at radius 3 is 0.125 bits per heavy atom. The van der Waals surface area contributed by atoms with E-state index in [-0.39, 0.29) is 161 Å². The molecule has 0 aliphatic carbocycles. The van der Waals surface area contributed by atoms with Crippen LogP contribution in [0.2, 0.25) is 0 Å². The molecule has 128 valence electrons. The van der Waals surface area contributed by atoms with Crippen molar-refractivity contribution in [1.29, 1.82) is 0 Å². The maximum absolute atomic E-state index is 0. The first-order chi connectivity index (χ1) is 0. The molecule has 0 radical (unpaired) electrons. The summed E-state index contributed by atoms with van der Waals surface area (Å²) >= 11 is 0. The van der Waals surface area contributed by atoms with E-state index < -0.39 is 0 Å². The molecule has 16 heavy (non-hydrogen) atoms. The van der Waals surface area contributed by atoms with Gasteiger partial charge in [-0.05, 0) is 0 Å². The lowest BCUT2D eigenvalue weighted by Crippen LogP contribution is 0.689. The van der Waals surface area contributed by atoms with Gasteiger partial charge < -0.3 is 0 Å². The zero-order valence-electron chi connectivity index (χ0n) is 11.0. The molecule has 0 amide bonds. The molecule has 0 N–H and O–H groups in total. The molecule has 15 atom stereocenters. The summed E-state index contributed by atoms with van der Waals surface area (Å²) in [5.74, 6) is 0. The highest BCUT2D eigenvalue weighted by Crippen LogP contribution is 0.875. The minimum Gasteiger partial charge on any atom is -0.153 e. The van der Waals surface area contributed by atoms with Gasteiger partial charge in [0.1, 0.15) is 0 Å². The van der Waals surface area contributed by atoms with Crippen molar-refractivity contribution in [2.24, 2.45) is 0 Å². The van der Waals surface area contributed by atoms with Crippen LogP contribution in [-0.2, 0) is 0 Å². The Labute approximate surface area is 160 Å². The fraction of sp³-hybridized carbons (Fsp3) is 0. The molecule has 0 aliphatic rings. The van der Waals surface area contributed by atoms with Crippen molar-refractivity contribution in [2.75, 3.05) is 0 Å². The topological polar surface area (TPSA) is 0 Å². The third-order valence-electron chi connectivity index (χ3n) is 0. The molecule has 0 aromatic heterocycles. The van der Waals surface area contributed by atoms with Crippen LogP contribution in [0.5, 0.6) is 0 Å². The Bertz CT molecular complexity index is 5.40. The van der Waals surface area contributed by atoms with Gasteiger partial charge in [0.15, 0.2) is 0 Å². The summed E-state index contributed by atoms with van der Waals surface area (Å²) in [4.78, 5) is 0. The average Bonchev–Trinajstić information content (AvgIpc) is 0. The van der Waals surface area contributed by atoms with Crippen molar-refractivity contribution in [3.05, 3.63) is 0 Å². The number of halogens is 1. The van der Waals surface area contributed by atoms with E-state index >= 15 is 0 Å². The monoisotopic (exact) mass is 546 g/mol. The van der Waals surface area contributed by atoms with Crippen molar-refractivity contribution >= 4 is 161 Å². The Morgan fingerprint density at radius 1 is 0.125 bits per heavy atom. The van der Waals surface area contributed by atoms with Gasteiger partial charge in [0.2, 0.25) is 0 Å². The van der Waals surface area contributed by atoms with Crippen LogP contribution in [0.1, 0.15) is 0 Å². The third-order valence-corrected chi connectivity index (χ3v) is 0. The highest BCUT2D eigenvalue weighted by molar-refractivity contribution is 6.93. The molecule has 0 heterocycles. The van der Waals surface area contributed by atoms with E-state index in [0.717, 1.165) is 0 Å². The molecule has 0 aromatic rings. The first-order valence-corrected chi connectivity index (χ1v) is 0. The van der Waals surface area contributed by atoms with E-state index in [2.05, 4.69) is 0 Å². The molecular formula is H46ClP15. The predicted molar refractivity (Wildman–Crippen MR) is 174 cm³/mol. The summed E-state index contributed by atoms with van der Waals surface area (Å²) in [7, 11) is 0. The van der Waals surface area contributed by atoms with E-state index in [0.29, 0.717) is 0 Å². The van der Waals surface area contributed by atoms with E-state index in [4.69, 9.17) is 0 Å². The first kappa shape index (κ1) is 237. The number of rotatable bonds is 0. The Morgan fingerprint density at radius 2 is 0.125 bits per heavy atom. The van der Waals surface area contributed by atoms with Gasteiger partial charge in [0.25, 0.3) is 0 Å². The summed E-state index contributed by atoms with van der Waals surface area (Å²) in [6.45, 7) is 0. The maximum Gasteiger partial charge on any atom is -0.147 e. The predicted octanol–water partition coefficient (Wildman–Crippen LogP) is 1.29. The molecule has 0 saturated heterocycles. The largest absolute Gasteiger partial charge is 0.153 e. The van der Waals surface area contributed by atoms with Crippen LogP contribution in [-0.4, -0.2) is 0 Å². The summed E-state index contributed by atoms with van der Waals surface area (Å²) in [6.07, 6.45) is 0. The molecule has 0 rings (SSSR count). The zero-order valence-corrected chi connectivity index (χ0v) is 33.0. The molecule has 0 saturated carbocycles. The fourth-order valence-corrected chi connectivity index (χ4v) is 0. The van der Waals surface area contributed by atoms with E-state index in [1.165, 1.54) is 0 Å². The maximum atomic E-state index is 0. The van der Waals surface area contributed by atoms with Crippen LogP contribution in [0.15, 0.2) is 0 Å². The summed E-state index contributed by atoms with van der Waals surface area (Å²) in [5, 5.41) is 0. The second-order valence-corrected chi connectivity index (χ2v) is 0. The molecule has 15 unspecified atom stereocenters. The van der Waals surface area contributed by atoms with Crippen LogP contribution in [0.4, 0.5) is 0 Å². The normalized spacial score (nSPS) is 0. The van der Waals surface area contributed by atoms with Gasteiger partial charge in [-0.2, -0.15) is 148 Å².